The maximum absolute atomic E-state index is 11.8. The Balaban J connectivity index is 2.29. The van der Waals surface area contributed by atoms with E-state index in [1.54, 1.807) is 24.3 Å². The average Bonchev–Trinajstić information content (AvgIpc) is 2.25. The summed E-state index contributed by atoms with van der Waals surface area (Å²) in [6, 6.07) is 8.57. The summed E-state index contributed by atoms with van der Waals surface area (Å²) in [6.07, 6.45) is 0. The van der Waals surface area contributed by atoms with Gasteiger partial charge in [-0.2, -0.15) is 0 Å². The van der Waals surface area contributed by atoms with Crippen LogP contribution in [0.5, 0.6) is 5.75 Å². The van der Waals surface area contributed by atoms with Gasteiger partial charge in [-0.15, -0.1) is 0 Å². The first-order valence-corrected chi connectivity index (χ1v) is 6.45. The molecule has 0 saturated heterocycles. The molecule has 0 fully saturated rings. The van der Waals surface area contributed by atoms with Crippen LogP contribution < -0.4 is 4.74 Å². The Morgan fingerprint density at radius 1 is 1.33 bits per heavy atom. The third-order valence-electron chi connectivity index (χ3n) is 1.58. The monoisotopic (exact) mass is 277 g/mol. The number of halogens is 2. The van der Waals surface area contributed by atoms with Gasteiger partial charge in [0.2, 0.25) is 0 Å². The first kappa shape index (κ1) is 12.0. The molecular weight excluding hydrogens is 267 g/mol. The van der Waals surface area contributed by atoms with Gasteiger partial charge in [0.15, 0.2) is 0 Å². The minimum atomic E-state index is -2.21. The molecule has 0 bridgehead atoms. The number of nitrogens with zero attached hydrogens (tertiary/aromatic N) is 1. The first-order chi connectivity index (χ1) is 7.22. The Morgan fingerprint density at radius 3 is 2.53 bits per heavy atom. The number of hydrogen-bond acceptors (Lipinski definition) is 2. The van der Waals surface area contributed by atoms with Gasteiger partial charge < -0.3 is 0 Å². The third-order valence-corrected chi connectivity index (χ3v) is 2.95. The summed E-state index contributed by atoms with van der Waals surface area (Å²) in [7, 11) is 0. The molecule has 0 aliphatic heterocycles. The molecule has 0 atom stereocenters. The van der Waals surface area contributed by atoms with E-state index in [1.807, 2.05) is 6.07 Å². The molecule has 1 aromatic rings. The third kappa shape index (κ3) is 4.78. The topological polar surface area (TPSA) is 33.0 Å². The Morgan fingerprint density at radius 2 is 2.00 bits per heavy atom. The predicted octanol–water partition coefficient (Wildman–Crippen LogP) is 2.28. The summed E-state index contributed by atoms with van der Waals surface area (Å²) >= 11 is -0.660. The van der Waals surface area contributed by atoms with Crippen LogP contribution in [-0.4, -0.2) is 26.9 Å². The van der Waals surface area contributed by atoms with Crippen LogP contribution in [0, 0.1) is 11.3 Å². The summed E-state index contributed by atoms with van der Waals surface area (Å²) in [6.45, 7) is 0.302. The van der Waals surface area contributed by atoms with Crippen LogP contribution in [0.25, 0.3) is 0 Å². The summed E-state index contributed by atoms with van der Waals surface area (Å²) in [5, 5.41) is 6.72. The van der Waals surface area contributed by atoms with Crippen molar-refractivity contribution < 1.29 is 13.5 Å². The van der Waals surface area contributed by atoms with Gasteiger partial charge in [-0.1, -0.05) is 0 Å². The SMILES string of the molecule is N#Cc1ccc(OCC[Se]C(F)F)cc1. The minimum absolute atomic E-state index is 0.302. The summed E-state index contributed by atoms with van der Waals surface area (Å²) in [5.74, 6) is 0.610. The number of nitriles is 1. The van der Waals surface area contributed by atoms with Gasteiger partial charge >= 0.3 is 92.6 Å². The van der Waals surface area contributed by atoms with E-state index in [1.165, 1.54) is 0 Å². The second-order valence-corrected chi connectivity index (χ2v) is 4.92. The van der Waals surface area contributed by atoms with Gasteiger partial charge in [0.05, 0.1) is 0 Å². The van der Waals surface area contributed by atoms with Crippen LogP contribution >= 0.6 is 0 Å². The van der Waals surface area contributed by atoms with Gasteiger partial charge in [0, 0.05) is 0 Å². The van der Waals surface area contributed by atoms with Gasteiger partial charge in [-0.25, -0.2) is 0 Å². The van der Waals surface area contributed by atoms with Gasteiger partial charge in [-0.05, 0) is 0 Å². The van der Waals surface area contributed by atoms with E-state index in [9.17, 15) is 8.78 Å². The first-order valence-electron chi connectivity index (χ1n) is 4.25. The fourth-order valence-electron chi connectivity index (χ4n) is 0.922. The molecule has 80 valence electrons. The van der Waals surface area contributed by atoms with E-state index < -0.39 is 20.3 Å². The van der Waals surface area contributed by atoms with Crippen molar-refractivity contribution in [3.05, 3.63) is 29.8 Å². The van der Waals surface area contributed by atoms with Crippen LogP contribution in [0.2, 0.25) is 5.32 Å². The van der Waals surface area contributed by atoms with Crippen molar-refractivity contribution in [1.29, 1.82) is 5.26 Å². The summed E-state index contributed by atoms with van der Waals surface area (Å²) in [5.41, 5.74) is 0.555. The van der Waals surface area contributed by atoms with Crippen LogP contribution in [0.1, 0.15) is 5.56 Å². The molecule has 1 aromatic carbocycles. The maximum atomic E-state index is 11.8. The van der Waals surface area contributed by atoms with Crippen molar-refractivity contribution in [2.24, 2.45) is 0 Å². The molecule has 15 heavy (non-hydrogen) atoms. The predicted molar refractivity (Wildman–Crippen MR) is 53.2 cm³/mol. The number of rotatable bonds is 5. The Kier molecular flexibility index (Phi) is 5.09. The summed E-state index contributed by atoms with van der Waals surface area (Å²) in [4.78, 5) is 0. The van der Waals surface area contributed by atoms with Gasteiger partial charge in [0.25, 0.3) is 0 Å². The second-order valence-electron chi connectivity index (χ2n) is 2.62. The Hall–Kier alpha value is -1.11. The van der Waals surface area contributed by atoms with Crippen molar-refractivity contribution >= 4 is 15.0 Å². The Labute approximate surface area is 93.0 Å². The van der Waals surface area contributed by atoms with Crippen molar-refractivity contribution in [1.82, 2.24) is 0 Å². The normalized spacial score (nSPS) is 10.0. The standard InChI is InChI=1S/C10H9F2NOSe/c11-10(12)15-6-5-14-9-3-1-8(7-13)2-4-9/h1-4,10H,5-6H2. The molecule has 0 aliphatic rings. The molecule has 0 N–H and O–H groups in total. The van der Waals surface area contributed by atoms with Gasteiger partial charge in [0.1, 0.15) is 0 Å². The van der Waals surface area contributed by atoms with E-state index in [4.69, 9.17) is 10.00 Å². The molecule has 5 heteroatoms. The van der Waals surface area contributed by atoms with E-state index >= 15 is 0 Å². The van der Waals surface area contributed by atoms with E-state index in [0.717, 1.165) is 0 Å². The van der Waals surface area contributed by atoms with E-state index in [0.29, 0.717) is 23.2 Å². The zero-order valence-electron chi connectivity index (χ0n) is 7.82. The van der Waals surface area contributed by atoms with E-state index in [-0.39, 0.29) is 0 Å². The molecule has 0 aliphatic carbocycles. The number of benzene rings is 1. The molecule has 0 radical (unpaired) electrons. The second kappa shape index (κ2) is 6.39. The fraction of sp³-hybridized carbons (Fsp3) is 0.300. The van der Waals surface area contributed by atoms with Crippen LogP contribution in [0.3, 0.4) is 0 Å². The molecule has 0 spiro atoms. The number of ether oxygens (including phenoxy) is 1. The summed E-state index contributed by atoms with van der Waals surface area (Å²) < 4.78 is 28.8. The van der Waals surface area contributed by atoms with Crippen LogP contribution in [0.15, 0.2) is 24.3 Å². The molecule has 1 rings (SSSR count). The molecule has 0 unspecified atom stereocenters. The van der Waals surface area contributed by atoms with Crippen molar-refractivity contribution in [2.45, 2.75) is 10.6 Å². The van der Waals surface area contributed by atoms with Crippen molar-refractivity contribution in [2.75, 3.05) is 6.61 Å². The molecule has 2 nitrogen and oxygen atoms in total. The van der Waals surface area contributed by atoms with Crippen molar-refractivity contribution in [3.63, 3.8) is 0 Å². The zero-order valence-corrected chi connectivity index (χ0v) is 9.53. The number of hydrogen-bond donors (Lipinski definition) is 0. The quantitative estimate of drug-likeness (QED) is 0.610. The molecule has 0 aromatic heterocycles. The van der Waals surface area contributed by atoms with Crippen LogP contribution in [-0.2, 0) is 0 Å². The number of alkyl halides is 2. The average molecular weight is 276 g/mol. The van der Waals surface area contributed by atoms with Gasteiger partial charge in [-0.3, -0.25) is 0 Å². The van der Waals surface area contributed by atoms with Crippen molar-refractivity contribution in [3.8, 4) is 11.8 Å². The van der Waals surface area contributed by atoms with Crippen LogP contribution in [0.4, 0.5) is 8.78 Å². The zero-order chi connectivity index (χ0) is 11.1. The van der Waals surface area contributed by atoms with E-state index in [2.05, 4.69) is 0 Å². The fourth-order valence-corrected chi connectivity index (χ4v) is 1.67. The molecule has 0 heterocycles. The molecule has 0 amide bonds. The molecular formula is C10H9F2NOSe. The molecule has 0 saturated carbocycles. The Bertz CT molecular complexity index is 334.